The van der Waals surface area contributed by atoms with Crippen molar-refractivity contribution < 1.29 is 9.63 Å². The number of anilines is 1. The Balaban J connectivity index is 1.54. The maximum atomic E-state index is 11.7. The van der Waals surface area contributed by atoms with Gasteiger partial charge < -0.3 is 11.1 Å². The van der Waals surface area contributed by atoms with Crippen LogP contribution in [0.5, 0.6) is 0 Å². The molecular weight excluding hydrogens is 354 g/mol. The molecule has 4 N–H and O–H groups in total. The first-order valence-electron chi connectivity index (χ1n) is 8.25. The molecule has 0 unspecified atom stereocenters. The van der Waals surface area contributed by atoms with Gasteiger partial charge in [-0.05, 0) is 42.7 Å². The molecule has 1 aromatic heterocycles. The van der Waals surface area contributed by atoms with Gasteiger partial charge in [-0.25, -0.2) is 5.48 Å². The van der Waals surface area contributed by atoms with Crippen LogP contribution in [-0.2, 0) is 16.2 Å². The molecule has 0 saturated heterocycles. The van der Waals surface area contributed by atoms with Gasteiger partial charge >= 0.3 is 0 Å². The zero-order chi connectivity index (χ0) is 18.6. The van der Waals surface area contributed by atoms with Crippen molar-refractivity contribution in [3.63, 3.8) is 0 Å². The third-order valence-electron chi connectivity index (χ3n) is 3.38. The van der Waals surface area contributed by atoms with Gasteiger partial charge in [0.2, 0.25) is 5.91 Å². The zero-order valence-electron chi connectivity index (χ0n) is 14.3. The lowest BCUT2D eigenvalue weighted by molar-refractivity contribution is -0.134. The molecule has 0 radical (unpaired) electrons. The second-order valence-corrected chi connectivity index (χ2v) is 5.96. The Hall–Kier alpha value is -2.64. The molecule has 0 aliphatic carbocycles. The number of pyridine rings is 1. The van der Waals surface area contributed by atoms with E-state index in [2.05, 4.69) is 20.8 Å². The summed E-state index contributed by atoms with van der Waals surface area (Å²) in [7, 11) is 0. The Morgan fingerprint density at radius 2 is 1.88 bits per heavy atom. The number of nitrogens with zero attached hydrogens (tertiary/aromatic N) is 2. The number of rotatable bonds is 9. The van der Waals surface area contributed by atoms with Gasteiger partial charge in [-0.3, -0.25) is 19.6 Å². The lowest BCUT2D eigenvalue weighted by atomic mass is 10.2. The molecule has 0 aliphatic heterocycles. The number of benzene rings is 1. The summed E-state index contributed by atoms with van der Waals surface area (Å²) >= 11 is 5.80. The van der Waals surface area contributed by atoms with Crippen LogP contribution in [0, 0.1) is 0 Å². The molecule has 0 spiro atoms. The number of unbranched alkanes of at least 4 members (excludes halogenated alkanes) is 1. The van der Waals surface area contributed by atoms with Crippen molar-refractivity contribution in [1.82, 2.24) is 10.5 Å². The van der Waals surface area contributed by atoms with Crippen LogP contribution in [0.1, 0.15) is 24.8 Å². The standard InChI is InChI=1S/C18H22ClN5O2/c19-15-6-4-14(5-7-15)13-26-24-17(25)3-1-2-10-22-18(20)23-16-8-11-21-12-9-16/h4-9,11-12H,1-3,10,13H2,(H,24,25)(H3,20,21,22,23). The van der Waals surface area contributed by atoms with Crippen LogP contribution in [-0.4, -0.2) is 23.4 Å². The highest BCUT2D eigenvalue weighted by Crippen LogP contribution is 2.09. The predicted molar refractivity (Wildman–Crippen MR) is 103 cm³/mol. The van der Waals surface area contributed by atoms with Crippen LogP contribution in [0.3, 0.4) is 0 Å². The zero-order valence-corrected chi connectivity index (χ0v) is 15.1. The Labute approximate surface area is 157 Å². The topological polar surface area (TPSA) is 102 Å². The molecule has 8 heteroatoms. The van der Waals surface area contributed by atoms with E-state index in [4.69, 9.17) is 22.2 Å². The first-order chi connectivity index (χ1) is 12.6. The molecule has 7 nitrogen and oxygen atoms in total. The summed E-state index contributed by atoms with van der Waals surface area (Å²) in [4.78, 5) is 25.0. The van der Waals surface area contributed by atoms with E-state index in [1.165, 1.54) is 0 Å². The average Bonchev–Trinajstić information content (AvgIpc) is 2.64. The van der Waals surface area contributed by atoms with Gasteiger partial charge in [-0.1, -0.05) is 23.7 Å². The first kappa shape index (κ1) is 19.7. The Bertz CT molecular complexity index is 707. The number of amides is 1. The highest BCUT2D eigenvalue weighted by atomic mass is 35.5. The molecule has 0 fully saturated rings. The number of halogens is 1. The van der Waals surface area contributed by atoms with Crippen molar-refractivity contribution in [2.75, 3.05) is 11.9 Å². The number of carbonyl (C=O) groups is 1. The van der Waals surface area contributed by atoms with Gasteiger partial charge in [-0.15, -0.1) is 0 Å². The molecule has 2 aromatic rings. The molecule has 2 rings (SSSR count). The molecule has 1 heterocycles. The molecule has 26 heavy (non-hydrogen) atoms. The van der Waals surface area contributed by atoms with Crippen LogP contribution in [0.2, 0.25) is 5.02 Å². The van der Waals surface area contributed by atoms with E-state index in [-0.39, 0.29) is 5.91 Å². The van der Waals surface area contributed by atoms with Crippen molar-refractivity contribution >= 4 is 29.2 Å². The summed E-state index contributed by atoms with van der Waals surface area (Å²) in [5.41, 5.74) is 9.98. The summed E-state index contributed by atoms with van der Waals surface area (Å²) in [6, 6.07) is 10.8. The smallest absolute Gasteiger partial charge is 0.243 e. The van der Waals surface area contributed by atoms with Gasteiger partial charge in [0.25, 0.3) is 0 Å². The summed E-state index contributed by atoms with van der Waals surface area (Å²) in [5.74, 6) is 0.178. The van der Waals surface area contributed by atoms with Crippen molar-refractivity contribution in [2.45, 2.75) is 25.9 Å². The molecule has 0 bridgehead atoms. The number of hydrogen-bond donors (Lipinski definition) is 3. The molecule has 138 valence electrons. The van der Waals surface area contributed by atoms with Crippen LogP contribution in [0.4, 0.5) is 5.69 Å². The van der Waals surface area contributed by atoms with Crippen LogP contribution >= 0.6 is 11.6 Å². The summed E-state index contributed by atoms with van der Waals surface area (Å²) in [5, 5.41) is 3.63. The number of carbonyl (C=O) groups excluding carboxylic acids is 1. The SMILES string of the molecule is NC(=NCCCCC(=O)NOCc1ccc(Cl)cc1)Nc1ccncc1. The Morgan fingerprint density at radius 1 is 1.15 bits per heavy atom. The van der Waals surface area contributed by atoms with Crippen molar-refractivity contribution in [3.8, 4) is 0 Å². The van der Waals surface area contributed by atoms with Gasteiger partial charge in [0.05, 0.1) is 6.61 Å². The second kappa shape index (κ2) is 11.1. The van der Waals surface area contributed by atoms with Crippen LogP contribution in [0.15, 0.2) is 53.8 Å². The summed E-state index contributed by atoms with van der Waals surface area (Å²) in [6.07, 6.45) is 5.16. The van der Waals surface area contributed by atoms with E-state index in [1.54, 1.807) is 36.7 Å². The first-order valence-corrected chi connectivity index (χ1v) is 8.63. The van der Waals surface area contributed by atoms with Gasteiger partial charge in [0, 0.05) is 36.1 Å². The largest absolute Gasteiger partial charge is 0.370 e. The van der Waals surface area contributed by atoms with E-state index in [0.717, 1.165) is 17.7 Å². The van der Waals surface area contributed by atoms with E-state index in [1.807, 2.05) is 12.1 Å². The van der Waals surface area contributed by atoms with Crippen molar-refractivity contribution in [1.29, 1.82) is 0 Å². The Morgan fingerprint density at radius 3 is 2.62 bits per heavy atom. The quantitative estimate of drug-likeness (QED) is 0.271. The second-order valence-electron chi connectivity index (χ2n) is 5.53. The molecule has 1 amide bonds. The lowest BCUT2D eigenvalue weighted by Crippen LogP contribution is -2.23. The minimum Gasteiger partial charge on any atom is -0.370 e. The maximum absolute atomic E-state index is 11.7. The minimum atomic E-state index is -0.161. The summed E-state index contributed by atoms with van der Waals surface area (Å²) in [6.45, 7) is 0.841. The maximum Gasteiger partial charge on any atom is 0.243 e. The molecule has 0 saturated carbocycles. The number of hydroxylamine groups is 1. The van der Waals surface area contributed by atoms with Gasteiger partial charge in [0.1, 0.15) is 0 Å². The van der Waals surface area contributed by atoms with E-state index >= 15 is 0 Å². The fraction of sp³-hybridized carbons (Fsp3) is 0.278. The molecule has 1 aromatic carbocycles. The molecule has 0 atom stereocenters. The number of aliphatic imine (C=N–C) groups is 1. The third-order valence-corrected chi connectivity index (χ3v) is 3.64. The highest BCUT2D eigenvalue weighted by Gasteiger charge is 2.02. The molecule has 0 aliphatic rings. The lowest BCUT2D eigenvalue weighted by Gasteiger charge is -2.06. The Kier molecular flexibility index (Phi) is 8.38. The third kappa shape index (κ3) is 7.96. The average molecular weight is 376 g/mol. The summed E-state index contributed by atoms with van der Waals surface area (Å²) < 4.78 is 0. The number of guanidine groups is 1. The highest BCUT2D eigenvalue weighted by molar-refractivity contribution is 6.30. The number of aromatic nitrogens is 1. The normalized spacial score (nSPS) is 11.2. The van der Waals surface area contributed by atoms with Crippen molar-refractivity contribution in [3.05, 3.63) is 59.4 Å². The fourth-order valence-electron chi connectivity index (χ4n) is 2.05. The van der Waals surface area contributed by atoms with Gasteiger partial charge in [-0.2, -0.15) is 0 Å². The van der Waals surface area contributed by atoms with E-state index in [9.17, 15) is 4.79 Å². The fourth-order valence-corrected chi connectivity index (χ4v) is 2.18. The number of nitrogens with two attached hydrogens (primary N) is 1. The minimum absolute atomic E-state index is 0.161. The predicted octanol–water partition coefficient (Wildman–Crippen LogP) is 2.88. The van der Waals surface area contributed by atoms with E-state index in [0.29, 0.717) is 37.0 Å². The monoisotopic (exact) mass is 375 g/mol. The molecular formula is C18H22ClN5O2. The number of nitrogens with one attached hydrogen (secondary N) is 2. The van der Waals surface area contributed by atoms with Crippen LogP contribution < -0.4 is 16.5 Å². The van der Waals surface area contributed by atoms with Crippen molar-refractivity contribution in [2.24, 2.45) is 10.7 Å². The van der Waals surface area contributed by atoms with E-state index < -0.39 is 0 Å². The number of hydrogen-bond acceptors (Lipinski definition) is 4. The van der Waals surface area contributed by atoms with Crippen LogP contribution in [0.25, 0.3) is 0 Å². The van der Waals surface area contributed by atoms with Gasteiger partial charge in [0.15, 0.2) is 5.96 Å².